The van der Waals surface area contributed by atoms with E-state index in [1.54, 1.807) is 6.21 Å². The number of rotatable bonds is 5. The van der Waals surface area contributed by atoms with E-state index in [0.717, 1.165) is 33.2 Å². The van der Waals surface area contributed by atoms with Crippen LogP contribution in [0.4, 0.5) is 0 Å². The Hall–Kier alpha value is -2.73. The summed E-state index contributed by atoms with van der Waals surface area (Å²) in [6.45, 7) is 3.95. The van der Waals surface area contributed by atoms with Gasteiger partial charge in [0.15, 0.2) is 0 Å². The second-order valence-electron chi connectivity index (χ2n) is 5.50. The van der Waals surface area contributed by atoms with Gasteiger partial charge in [-0.05, 0) is 19.9 Å². The fraction of sp³-hybridized carbons (Fsp3) is 0.167. The lowest BCUT2D eigenvalue weighted by molar-refractivity contribution is -0.120. The molecule has 3 aromatic rings. The minimum Gasteiger partial charge on any atom is -0.362 e. The number of H-pyrrole nitrogens is 1. The third-order valence-electron chi connectivity index (χ3n) is 3.52. The van der Waals surface area contributed by atoms with E-state index in [9.17, 15) is 4.79 Å². The Morgan fingerprint density at radius 1 is 1.33 bits per heavy atom. The van der Waals surface area contributed by atoms with Gasteiger partial charge in [-0.2, -0.15) is 5.10 Å². The number of nitrogens with one attached hydrogen (secondary N) is 2. The first-order valence-corrected chi connectivity index (χ1v) is 8.48. The Balaban J connectivity index is 1.57. The molecule has 3 rings (SSSR count). The van der Waals surface area contributed by atoms with Gasteiger partial charge in [-0.25, -0.2) is 10.4 Å². The number of thiazole rings is 1. The zero-order valence-corrected chi connectivity index (χ0v) is 14.4. The van der Waals surface area contributed by atoms with Crippen molar-refractivity contribution in [2.75, 3.05) is 0 Å². The fourth-order valence-electron chi connectivity index (χ4n) is 2.36. The molecular weight excluding hydrogens is 320 g/mol. The minimum atomic E-state index is -0.176. The Labute approximate surface area is 144 Å². The second kappa shape index (κ2) is 7.23. The van der Waals surface area contributed by atoms with E-state index in [1.165, 1.54) is 11.3 Å². The van der Waals surface area contributed by atoms with Gasteiger partial charge in [-0.15, -0.1) is 11.3 Å². The van der Waals surface area contributed by atoms with Crippen LogP contribution in [0.15, 0.2) is 46.9 Å². The highest BCUT2D eigenvalue weighted by Crippen LogP contribution is 2.21. The molecule has 0 saturated carbocycles. The summed E-state index contributed by atoms with van der Waals surface area (Å²) in [5.41, 5.74) is 7.55. The normalized spacial score (nSPS) is 11.1. The van der Waals surface area contributed by atoms with Crippen LogP contribution in [0.1, 0.15) is 22.0 Å². The largest absolute Gasteiger partial charge is 0.362 e. The molecule has 2 heterocycles. The van der Waals surface area contributed by atoms with E-state index in [-0.39, 0.29) is 12.3 Å². The van der Waals surface area contributed by atoms with Crippen molar-refractivity contribution in [3.63, 3.8) is 0 Å². The van der Waals surface area contributed by atoms with E-state index < -0.39 is 0 Å². The number of carbonyl (C=O) groups is 1. The quantitative estimate of drug-likeness (QED) is 0.552. The lowest BCUT2D eigenvalue weighted by Gasteiger charge is -1.97. The number of aromatic amines is 1. The van der Waals surface area contributed by atoms with Gasteiger partial charge in [0.1, 0.15) is 5.01 Å². The van der Waals surface area contributed by atoms with Gasteiger partial charge < -0.3 is 4.98 Å². The standard InChI is InChI=1S/C18H18N4OS/c1-12-8-15(13(2)20-12)10-19-22-17(23)9-18-21-16(11-24-18)14-6-4-3-5-7-14/h3-8,10-11,20H,9H2,1-2H3,(H,22,23)/b19-10+. The Morgan fingerprint density at radius 3 is 2.83 bits per heavy atom. The van der Waals surface area contributed by atoms with E-state index in [0.29, 0.717) is 0 Å². The van der Waals surface area contributed by atoms with E-state index >= 15 is 0 Å². The van der Waals surface area contributed by atoms with Crippen LogP contribution in [0, 0.1) is 13.8 Å². The molecule has 0 unspecified atom stereocenters. The SMILES string of the molecule is Cc1cc(/C=N/NC(=O)Cc2nc(-c3ccccc3)cs2)c(C)[nH]1. The van der Waals surface area contributed by atoms with Crippen LogP contribution < -0.4 is 5.43 Å². The van der Waals surface area contributed by atoms with Gasteiger partial charge >= 0.3 is 0 Å². The molecule has 0 atom stereocenters. The number of aromatic nitrogens is 2. The van der Waals surface area contributed by atoms with Crippen LogP contribution in [-0.2, 0) is 11.2 Å². The summed E-state index contributed by atoms with van der Waals surface area (Å²) in [5, 5.41) is 6.75. The summed E-state index contributed by atoms with van der Waals surface area (Å²) in [7, 11) is 0. The summed E-state index contributed by atoms with van der Waals surface area (Å²) < 4.78 is 0. The third kappa shape index (κ3) is 3.97. The van der Waals surface area contributed by atoms with Crippen LogP contribution in [0.3, 0.4) is 0 Å². The highest BCUT2D eigenvalue weighted by molar-refractivity contribution is 7.10. The smallest absolute Gasteiger partial charge is 0.246 e. The molecule has 0 bridgehead atoms. The number of carbonyl (C=O) groups excluding carboxylic acids is 1. The molecule has 2 aromatic heterocycles. The molecule has 0 saturated heterocycles. The first-order valence-electron chi connectivity index (χ1n) is 7.60. The summed E-state index contributed by atoms with van der Waals surface area (Å²) in [4.78, 5) is 19.7. The van der Waals surface area contributed by atoms with Crippen LogP contribution in [0.5, 0.6) is 0 Å². The maximum Gasteiger partial charge on any atom is 0.246 e. The number of amides is 1. The summed E-state index contributed by atoms with van der Waals surface area (Å²) >= 11 is 1.48. The second-order valence-corrected chi connectivity index (χ2v) is 6.44. The van der Waals surface area contributed by atoms with Crippen molar-refractivity contribution in [2.24, 2.45) is 5.10 Å². The van der Waals surface area contributed by atoms with Crippen molar-refractivity contribution >= 4 is 23.5 Å². The van der Waals surface area contributed by atoms with Crippen LogP contribution in [-0.4, -0.2) is 22.1 Å². The molecule has 0 aliphatic carbocycles. The maximum atomic E-state index is 12.0. The first-order chi connectivity index (χ1) is 11.6. The van der Waals surface area contributed by atoms with E-state index in [2.05, 4.69) is 20.5 Å². The van der Waals surface area contributed by atoms with Crippen molar-refractivity contribution in [1.29, 1.82) is 0 Å². The maximum absolute atomic E-state index is 12.0. The van der Waals surface area contributed by atoms with Gasteiger partial charge in [0.25, 0.3) is 0 Å². The number of nitrogens with zero attached hydrogens (tertiary/aromatic N) is 2. The molecule has 0 radical (unpaired) electrons. The number of benzene rings is 1. The van der Waals surface area contributed by atoms with Gasteiger partial charge in [0, 0.05) is 27.9 Å². The number of hydrogen-bond donors (Lipinski definition) is 2. The number of hydrogen-bond acceptors (Lipinski definition) is 4. The molecule has 2 N–H and O–H groups in total. The zero-order chi connectivity index (χ0) is 16.9. The van der Waals surface area contributed by atoms with Crippen molar-refractivity contribution in [2.45, 2.75) is 20.3 Å². The lowest BCUT2D eigenvalue weighted by atomic mass is 10.2. The molecular formula is C18H18N4OS. The third-order valence-corrected chi connectivity index (χ3v) is 4.36. The topological polar surface area (TPSA) is 70.1 Å². The Kier molecular flexibility index (Phi) is 4.86. The summed E-state index contributed by atoms with van der Waals surface area (Å²) in [6, 6.07) is 11.9. The highest BCUT2D eigenvalue weighted by atomic mass is 32.1. The number of hydrazone groups is 1. The van der Waals surface area contributed by atoms with Crippen molar-refractivity contribution in [3.8, 4) is 11.3 Å². The molecule has 0 aliphatic heterocycles. The fourth-order valence-corrected chi connectivity index (χ4v) is 3.17. The van der Waals surface area contributed by atoms with Crippen LogP contribution in [0.2, 0.25) is 0 Å². The summed E-state index contributed by atoms with van der Waals surface area (Å²) in [5.74, 6) is -0.176. The molecule has 24 heavy (non-hydrogen) atoms. The molecule has 0 aliphatic rings. The monoisotopic (exact) mass is 338 g/mol. The van der Waals surface area contributed by atoms with Gasteiger partial charge in [-0.1, -0.05) is 30.3 Å². The average molecular weight is 338 g/mol. The minimum absolute atomic E-state index is 0.176. The van der Waals surface area contributed by atoms with E-state index in [1.807, 2.05) is 55.6 Å². The Bertz CT molecular complexity index is 864. The molecule has 1 amide bonds. The van der Waals surface area contributed by atoms with Gasteiger partial charge in [-0.3, -0.25) is 4.79 Å². The number of aryl methyl sites for hydroxylation is 2. The first kappa shape index (κ1) is 16.1. The zero-order valence-electron chi connectivity index (χ0n) is 13.5. The van der Waals surface area contributed by atoms with Crippen molar-refractivity contribution in [3.05, 3.63) is 63.7 Å². The molecule has 1 aromatic carbocycles. The van der Waals surface area contributed by atoms with Gasteiger partial charge in [0.05, 0.1) is 18.3 Å². The lowest BCUT2D eigenvalue weighted by Crippen LogP contribution is -2.19. The molecule has 6 heteroatoms. The summed E-state index contributed by atoms with van der Waals surface area (Å²) in [6.07, 6.45) is 1.87. The van der Waals surface area contributed by atoms with Crippen LogP contribution >= 0.6 is 11.3 Å². The van der Waals surface area contributed by atoms with Crippen LogP contribution in [0.25, 0.3) is 11.3 Å². The predicted molar refractivity (Wildman–Crippen MR) is 97.3 cm³/mol. The van der Waals surface area contributed by atoms with Gasteiger partial charge in [0.2, 0.25) is 5.91 Å². The Morgan fingerprint density at radius 2 is 2.12 bits per heavy atom. The molecule has 122 valence electrons. The molecule has 0 spiro atoms. The molecule has 0 fully saturated rings. The average Bonchev–Trinajstić information content (AvgIpc) is 3.15. The molecule has 5 nitrogen and oxygen atoms in total. The van der Waals surface area contributed by atoms with Crippen molar-refractivity contribution in [1.82, 2.24) is 15.4 Å². The highest BCUT2D eigenvalue weighted by Gasteiger charge is 2.08. The predicted octanol–water partition coefficient (Wildman–Crippen LogP) is 3.45. The van der Waals surface area contributed by atoms with E-state index in [4.69, 9.17) is 0 Å². The van der Waals surface area contributed by atoms with Crippen molar-refractivity contribution < 1.29 is 4.79 Å².